The molecule has 3 atom stereocenters. The molecule has 1 fully saturated rings. The Labute approximate surface area is 109 Å². The van der Waals surface area contributed by atoms with Gasteiger partial charge in [0.25, 0.3) is 0 Å². The Bertz CT molecular complexity index is 385. The lowest BCUT2D eigenvalue weighted by atomic mass is 9.86. The third-order valence-electron chi connectivity index (χ3n) is 3.92. The van der Waals surface area contributed by atoms with Crippen LogP contribution in [0.1, 0.15) is 51.1 Å². The van der Waals surface area contributed by atoms with Crippen LogP contribution in [-0.2, 0) is 0 Å². The predicted molar refractivity (Wildman–Crippen MR) is 72.7 cm³/mol. The van der Waals surface area contributed by atoms with Crippen LogP contribution in [0.15, 0.2) is 18.2 Å². The van der Waals surface area contributed by atoms with Gasteiger partial charge < -0.3 is 15.5 Å². The zero-order valence-electron chi connectivity index (χ0n) is 11.2. The van der Waals surface area contributed by atoms with E-state index in [0.29, 0.717) is 11.6 Å². The van der Waals surface area contributed by atoms with Gasteiger partial charge in [0.15, 0.2) is 0 Å². The second-order valence-electron chi connectivity index (χ2n) is 5.57. The number of rotatable bonds is 3. The molecular weight excluding hydrogens is 226 g/mol. The summed E-state index contributed by atoms with van der Waals surface area (Å²) in [6.07, 6.45) is 4.94. The third kappa shape index (κ3) is 2.96. The molecule has 0 heterocycles. The highest BCUT2D eigenvalue weighted by molar-refractivity contribution is 5.44. The maximum atomic E-state index is 9.84. The molecule has 3 nitrogen and oxygen atoms in total. The maximum absolute atomic E-state index is 9.84. The fraction of sp³-hybridized carbons (Fsp3) is 0.600. The van der Waals surface area contributed by atoms with E-state index in [1.165, 1.54) is 25.7 Å². The van der Waals surface area contributed by atoms with Crippen molar-refractivity contribution in [1.29, 1.82) is 0 Å². The van der Waals surface area contributed by atoms with Gasteiger partial charge in [-0.25, -0.2) is 0 Å². The number of phenols is 2. The standard InChI is InChI=1S/C15H23NO2/c1-10-5-3-6-12(9-10)16-11(2)15-13(17)7-4-8-14(15)18/h4,7-8,10-12,16-18H,3,5-6,9H2,1-2H3. The van der Waals surface area contributed by atoms with Gasteiger partial charge in [-0.2, -0.15) is 0 Å². The summed E-state index contributed by atoms with van der Waals surface area (Å²) in [6, 6.07) is 5.36. The predicted octanol–water partition coefficient (Wildman–Crippen LogP) is 3.33. The molecule has 3 heteroatoms. The van der Waals surface area contributed by atoms with Crippen molar-refractivity contribution in [2.45, 2.75) is 51.6 Å². The average Bonchev–Trinajstić information content (AvgIpc) is 2.28. The summed E-state index contributed by atoms with van der Waals surface area (Å²) in [7, 11) is 0. The summed E-state index contributed by atoms with van der Waals surface area (Å²) in [5.74, 6) is 1.10. The summed E-state index contributed by atoms with van der Waals surface area (Å²) in [5.41, 5.74) is 0.607. The zero-order chi connectivity index (χ0) is 13.1. The van der Waals surface area contributed by atoms with Gasteiger partial charge in [-0.05, 0) is 37.8 Å². The van der Waals surface area contributed by atoms with Gasteiger partial charge in [-0.15, -0.1) is 0 Å². The summed E-state index contributed by atoms with van der Waals surface area (Å²) in [5, 5.41) is 23.2. The van der Waals surface area contributed by atoms with E-state index in [-0.39, 0.29) is 17.5 Å². The molecule has 1 saturated carbocycles. The van der Waals surface area contributed by atoms with Crippen molar-refractivity contribution in [3.8, 4) is 11.5 Å². The summed E-state index contributed by atoms with van der Waals surface area (Å²) in [4.78, 5) is 0. The van der Waals surface area contributed by atoms with Crippen LogP contribution in [0, 0.1) is 5.92 Å². The molecule has 1 aliphatic rings. The van der Waals surface area contributed by atoms with Crippen molar-refractivity contribution in [1.82, 2.24) is 5.32 Å². The van der Waals surface area contributed by atoms with E-state index in [9.17, 15) is 10.2 Å². The second kappa shape index (κ2) is 5.61. The van der Waals surface area contributed by atoms with Crippen LogP contribution in [0.5, 0.6) is 11.5 Å². The van der Waals surface area contributed by atoms with Crippen LogP contribution in [0.3, 0.4) is 0 Å². The molecule has 2 rings (SSSR count). The summed E-state index contributed by atoms with van der Waals surface area (Å²) in [6.45, 7) is 4.28. The lowest BCUT2D eigenvalue weighted by Gasteiger charge is -2.30. The fourth-order valence-corrected chi connectivity index (χ4v) is 3.01. The molecule has 0 amide bonds. The normalized spacial score (nSPS) is 25.9. The highest BCUT2D eigenvalue weighted by atomic mass is 16.3. The van der Waals surface area contributed by atoms with E-state index >= 15 is 0 Å². The molecule has 1 aromatic carbocycles. The van der Waals surface area contributed by atoms with E-state index in [1.807, 2.05) is 6.92 Å². The summed E-state index contributed by atoms with van der Waals surface area (Å²) < 4.78 is 0. The van der Waals surface area contributed by atoms with Gasteiger partial charge in [0.05, 0.1) is 5.56 Å². The van der Waals surface area contributed by atoms with Crippen LogP contribution >= 0.6 is 0 Å². The SMILES string of the molecule is CC1CCCC(NC(C)c2c(O)cccc2O)C1. The lowest BCUT2D eigenvalue weighted by molar-refractivity contribution is 0.281. The van der Waals surface area contributed by atoms with E-state index in [0.717, 1.165) is 5.92 Å². The highest BCUT2D eigenvalue weighted by Gasteiger charge is 2.22. The van der Waals surface area contributed by atoms with Crippen LogP contribution in [-0.4, -0.2) is 16.3 Å². The number of benzene rings is 1. The van der Waals surface area contributed by atoms with Crippen LogP contribution in [0.2, 0.25) is 0 Å². The van der Waals surface area contributed by atoms with E-state index < -0.39 is 0 Å². The van der Waals surface area contributed by atoms with Crippen molar-refractivity contribution in [3.63, 3.8) is 0 Å². The number of phenolic OH excluding ortho intramolecular Hbond substituents is 2. The first kappa shape index (κ1) is 13.2. The summed E-state index contributed by atoms with van der Waals surface area (Å²) >= 11 is 0. The molecule has 18 heavy (non-hydrogen) atoms. The van der Waals surface area contributed by atoms with Crippen molar-refractivity contribution < 1.29 is 10.2 Å². The smallest absolute Gasteiger partial charge is 0.124 e. The zero-order valence-corrected chi connectivity index (χ0v) is 11.2. The Balaban J connectivity index is 2.05. The monoisotopic (exact) mass is 249 g/mol. The number of hydrogen-bond donors (Lipinski definition) is 3. The Morgan fingerprint density at radius 3 is 2.50 bits per heavy atom. The van der Waals surface area contributed by atoms with Gasteiger partial charge in [0.2, 0.25) is 0 Å². The van der Waals surface area contributed by atoms with Gasteiger partial charge >= 0.3 is 0 Å². The van der Waals surface area contributed by atoms with Gasteiger partial charge in [0, 0.05) is 12.1 Å². The quantitative estimate of drug-likeness (QED) is 0.770. The number of hydrogen-bond acceptors (Lipinski definition) is 3. The molecule has 0 spiro atoms. The first-order chi connectivity index (χ1) is 8.58. The first-order valence-corrected chi connectivity index (χ1v) is 6.84. The largest absolute Gasteiger partial charge is 0.507 e. The number of nitrogens with one attached hydrogen (secondary N) is 1. The average molecular weight is 249 g/mol. The van der Waals surface area contributed by atoms with Gasteiger partial charge in [-0.1, -0.05) is 25.8 Å². The minimum absolute atomic E-state index is 0.0264. The molecule has 0 aliphatic heterocycles. The van der Waals surface area contributed by atoms with Gasteiger partial charge in [0.1, 0.15) is 11.5 Å². The first-order valence-electron chi connectivity index (χ1n) is 6.84. The van der Waals surface area contributed by atoms with Crippen molar-refractivity contribution in [3.05, 3.63) is 23.8 Å². The molecule has 1 aliphatic carbocycles. The minimum atomic E-state index is -0.0264. The Morgan fingerprint density at radius 2 is 1.89 bits per heavy atom. The van der Waals surface area contributed by atoms with Crippen molar-refractivity contribution in [2.75, 3.05) is 0 Å². The number of aromatic hydroxyl groups is 2. The lowest BCUT2D eigenvalue weighted by Crippen LogP contribution is -2.35. The molecule has 3 unspecified atom stereocenters. The van der Waals surface area contributed by atoms with E-state index in [2.05, 4.69) is 12.2 Å². The van der Waals surface area contributed by atoms with E-state index in [1.54, 1.807) is 18.2 Å². The van der Waals surface area contributed by atoms with Crippen LogP contribution in [0.4, 0.5) is 0 Å². The molecule has 0 aromatic heterocycles. The van der Waals surface area contributed by atoms with Crippen LogP contribution < -0.4 is 5.32 Å². The van der Waals surface area contributed by atoms with Crippen LogP contribution in [0.25, 0.3) is 0 Å². The van der Waals surface area contributed by atoms with Crippen molar-refractivity contribution in [2.24, 2.45) is 5.92 Å². The molecular formula is C15H23NO2. The topological polar surface area (TPSA) is 52.5 Å². The maximum Gasteiger partial charge on any atom is 0.124 e. The van der Waals surface area contributed by atoms with E-state index in [4.69, 9.17) is 0 Å². The molecule has 0 bridgehead atoms. The second-order valence-corrected chi connectivity index (χ2v) is 5.57. The molecule has 1 aromatic rings. The molecule has 3 N–H and O–H groups in total. The highest BCUT2D eigenvalue weighted by Crippen LogP contribution is 2.33. The third-order valence-corrected chi connectivity index (χ3v) is 3.92. The Hall–Kier alpha value is -1.22. The minimum Gasteiger partial charge on any atom is -0.507 e. The molecule has 0 saturated heterocycles. The Morgan fingerprint density at radius 1 is 1.22 bits per heavy atom. The Kier molecular flexibility index (Phi) is 4.12. The fourth-order valence-electron chi connectivity index (χ4n) is 3.01. The molecule has 100 valence electrons. The molecule has 0 radical (unpaired) electrons. The van der Waals surface area contributed by atoms with Gasteiger partial charge in [-0.3, -0.25) is 0 Å². The van der Waals surface area contributed by atoms with Crippen molar-refractivity contribution >= 4 is 0 Å².